The second-order valence-corrected chi connectivity index (χ2v) is 7.86. The number of likely N-dealkylation sites (tertiary alicyclic amines) is 1. The number of benzene rings is 1. The summed E-state index contributed by atoms with van der Waals surface area (Å²) in [6.07, 6.45) is 5.15. The molecule has 1 aromatic rings. The van der Waals surface area contributed by atoms with Gasteiger partial charge in [0.2, 0.25) is 0 Å². The van der Waals surface area contributed by atoms with Gasteiger partial charge in [0.15, 0.2) is 0 Å². The van der Waals surface area contributed by atoms with Gasteiger partial charge in [0.1, 0.15) is 0 Å². The van der Waals surface area contributed by atoms with E-state index in [1.165, 1.54) is 16.8 Å². The lowest BCUT2D eigenvalue weighted by molar-refractivity contribution is 0.138. The molecular weight excluding hydrogens is 290 g/mol. The highest BCUT2D eigenvalue weighted by Crippen LogP contribution is 2.32. The van der Waals surface area contributed by atoms with Crippen molar-refractivity contribution in [2.24, 2.45) is 5.92 Å². The predicted octanol–water partition coefficient (Wildman–Crippen LogP) is 5.59. The standard InChI is InChI=1S/C20H28ClN/c1-6-7-8-15(2)22-13-16(14-22)11-17-9-10-18(21)12-19(17)20(3,4)5/h6,9-10,12,16H,1-2,7-8,11,13-14H2,3-5H3. The van der Waals surface area contributed by atoms with E-state index in [0.29, 0.717) is 0 Å². The zero-order valence-corrected chi connectivity index (χ0v) is 14.9. The highest BCUT2D eigenvalue weighted by molar-refractivity contribution is 6.30. The van der Waals surface area contributed by atoms with E-state index in [2.05, 4.69) is 51.0 Å². The summed E-state index contributed by atoms with van der Waals surface area (Å²) < 4.78 is 0. The third kappa shape index (κ3) is 4.16. The molecule has 0 N–H and O–H groups in total. The highest BCUT2D eigenvalue weighted by Gasteiger charge is 2.29. The Bertz CT molecular complexity index is 547. The summed E-state index contributed by atoms with van der Waals surface area (Å²) in [7, 11) is 0. The Balaban J connectivity index is 1.97. The Morgan fingerprint density at radius 2 is 2.05 bits per heavy atom. The minimum Gasteiger partial charge on any atom is -0.375 e. The lowest BCUT2D eigenvalue weighted by Crippen LogP contribution is -2.46. The van der Waals surface area contributed by atoms with Crippen LogP contribution in [0, 0.1) is 5.92 Å². The molecule has 0 aromatic heterocycles. The lowest BCUT2D eigenvalue weighted by Gasteiger charge is -2.43. The van der Waals surface area contributed by atoms with Gasteiger partial charge in [-0.15, -0.1) is 6.58 Å². The molecule has 1 aliphatic rings. The van der Waals surface area contributed by atoms with Crippen LogP contribution in [0.25, 0.3) is 0 Å². The predicted molar refractivity (Wildman–Crippen MR) is 97.5 cm³/mol. The SMILES string of the molecule is C=CCCC(=C)N1CC(Cc2ccc(Cl)cc2C(C)(C)C)C1. The Morgan fingerprint density at radius 3 is 2.64 bits per heavy atom. The number of halogens is 1. The number of nitrogens with zero attached hydrogens (tertiary/aromatic N) is 1. The lowest BCUT2D eigenvalue weighted by atomic mass is 9.80. The molecule has 1 nitrogen and oxygen atoms in total. The van der Waals surface area contributed by atoms with Gasteiger partial charge in [-0.25, -0.2) is 0 Å². The van der Waals surface area contributed by atoms with Crippen LogP contribution in [0.5, 0.6) is 0 Å². The molecular formula is C20H28ClN. The van der Waals surface area contributed by atoms with Crippen LogP contribution in [0.15, 0.2) is 43.1 Å². The molecule has 1 saturated heterocycles. The van der Waals surface area contributed by atoms with Crippen LogP contribution < -0.4 is 0 Å². The quantitative estimate of drug-likeness (QED) is 0.618. The molecule has 2 heteroatoms. The van der Waals surface area contributed by atoms with Gasteiger partial charge in [-0.2, -0.15) is 0 Å². The molecule has 0 radical (unpaired) electrons. The summed E-state index contributed by atoms with van der Waals surface area (Å²) >= 11 is 6.19. The third-order valence-electron chi connectivity index (χ3n) is 4.43. The van der Waals surface area contributed by atoms with Gasteiger partial charge in [0, 0.05) is 23.8 Å². The molecule has 1 aromatic carbocycles. The second kappa shape index (κ2) is 6.91. The number of hydrogen-bond acceptors (Lipinski definition) is 1. The highest BCUT2D eigenvalue weighted by atomic mass is 35.5. The average molecular weight is 318 g/mol. The molecule has 0 amide bonds. The molecule has 2 rings (SSSR count). The van der Waals surface area contributed by atoms with Crippen molar-refractivity contribution in [2.75, 3.05) is 13.1 Å². The fourth-order valence-corrected chi connectivity index (χ4v) is 3.29. The molecule has 22 heavy (non-hydrogen) atoms. The fourth-order valence-electron chi connectivity index (χ4n) is 3.12. The van der Waals surface area contributed by atoms with Crippen LogP contribution in [0.3, 0.4) is 0 Å². The molecule has 0 aliphatic carbocycles. The molecule has 1 fully saturated rings. The summed E-state index contributed by atoms with van der Waals surface area (Å²) in [6, 6.07) is 6.36. The second-order valence-electron chi connectivity index (χ2n) is 7.42. The van der Waals surface area contributed by atoms with E-state index in [0.717, 1.165) is 43.3 Å². The number of allylic oxidation sites excluding steroid dienone is 2. The average Bonchev–Trinajstić information content (AvgIpc) is 2.40. The van der Waals surface area contributed by atoms with Crippen molar-refractivity contribution in [2.45, 2.75) is 45.4 Å². The third-order valence-corrected chi connectivity index (χ3v) is 4.67. The van der Waals surface area contributed by atoms with Crippen molar-refractivity contribution in [3.63, 3.8) is 0 Å². The molecule has 0 saturated carbocycles. The van der Waals surface area contributed by atoms with Gasteiger partial charge in [-0.05, 0) is 53.9 Å². The summed E-state index contributed by atoms with van der Waals surface area (Å²) in [4.78, 5) is 2.40. The van der Waals surface area contributed by atoms with E-state index in [9.17, 15) is 0 Å². The first-order chi connectivity index (χ1) is 10.3. The van der Waals surface area contributed by atoms with Crippen molar-refractivity contribution >= 4 is 11.6 Å². The van der Waals surface area contributed by atoms with Crippen LogP contribution in [0.2, 0.25) is 5.02 Å². The van der Waals surface area contributed by atoms with Crippen molar-refractivity contribution in [3.8, 4) is 0 Å². The van der Waals surface area contributed by atoms with E-state index in [1.807, 2.05) is 12.1 Å². The van der Waals surface area contributed by atoms with Crippen molar-refractivity contribution in [1.82, 2.24) is 4.90 Å². The molecule has 1 aliphatic heterocycles. The monoisotopic (exact) mass is 317 g/mol. The number of rotatable bonds is 6. The van der Waals surface area contributed by atoms with Gasteiger partial charge in [-0.1, -0.05) is 51.1 Å². The van der Waals surface area contributed by atoms with Crippen molar-refractivity contribution in [3.05, 3.63) is 59.3 Å². The zero-order valence-electron chi connectivity index (χ0n) is 14.2. The molecule has 0 atom stereocenters. The largest absolute Gasteiger partial charge is 0.375 e. The smallest absolute Gasteiger partial charge is 0.0409 e. The maximum absolute atomic E-state index is 6.19. The van der Waals surface area contributed by atoms with Gasteiger partial charge in [0.25, 0.3) is 0 Å². The summed E-state index contributed by atoms with van der Waals surface area (Å²) in [5.74, 6) is 0.725. The Hall–Kier alpha value is -1.21. The first-order valence-corrected chi connectivity index (χ1v) is 8.51. The normalized spacial score (nSPS) is 15.5. The minimum absolute atomic E-state index is 0.136. The van der Waals surface area contributed by atoms with Gasteiger partial charge >= 0.3 is 0 Å². The van der Waals surface area contributed by atoms with Crippen LogP contribution in [-0.2, 0) is 11.8 Å². The van der Waals surface area contributed by atoms with Crippen LogP contribution in [-0.4, -0.2) is 18.0 Å². The molecule has 0 bridgehead atoms. The Morgan fingerprint density at radius 1 is 1.36 bits per heavy atom. The zero-order chi connectivity index (χ0) is 16.3. The Kier molecular flexibility index (Phi) is 5.39. The number of hydrogen-bond donors (Lipinski definition) is 0. The van der Waals surface area contributed by atoms with Crippen molar-refractivity contribution < 1.29 is 0 Å². The summed E-state index contributed by atoms with van der Waals surface area (Å²) in [5.41, 5.74) is 4.21. The van der Waals surface area contributed by atoms with E-state index in [4.69, 9.17) is 11.6 Å². The van der Waals surface area contributed by atoms with Gasteiger partial charge in [-0.3, -0.25) is 0 Å². The minimum atomic E-state index is 0.136. The fraction of sp³-hybridized carbons (Fsp3) is 0.500. The van der Waals surface area contributed by atoms with E-state index in [1.54, 1.807) is 0 Å². The van der Waals surface area contributed by atoms with E-state index >= 15 is 0 Å². The van der Waals surface area contributed by atoms with Crippen molar-refractivity contribution in [1.29, 1.82) is 0 Å². The van der Waals surface area contributed by atoms with Gasteiger partial charge in [0.05, 0.1) is 0 Å². The van der Waals surface area contributed by atoms with Gasteiger partial charge < -0.3 is 4.90 Å². The first kappa shape index (κ1) is 17.1. The topological polar surface area (TPSA) is 3.24 Å². The molecule has 0 spiro atoms. The maximum Gasteiger partial charge on any atom is 0.0409 e. The van der Waals surface area contributed by atoms with Crippen LogP contribution in [0.4, 0.5) is 0 Å². The molecule has 1 heterocycles. The molecule has 120 valence electrons. The van der Waals surface area contributed by atoms with E-state index in [-0.39, 0.29) is 5.41 Å². The van der Waals surface area contributed by atoms with E-state index < -0.39 is 0 Å². The summed E-state index contributed by atoms with van der Waals surface area (Å²) in [6.45, 7) is 17.0. The Labute approximate surface area is 140 Å². The maximum atomic E-state index is 6.19. The van der Waals surface area contributed by atoms with Crippen LogP contribution in [0.1, 0.15) is 44.7 Å². The first-order valence-electron chi connectivity index (χ1n) is 8.13. The van der Waals surface area contributed by atoms with Crippen LogP contribution >= 0.6 is 11.6 Å². The summed E-state index contributed by atoms with van der Waals surface area (Å²) in [5, 5.41) is 0.835. The molecule has 0 unspecified atom stereocenters.